The lowest BCUT2D eigenvalue weighted by Gasteiger charge is -2.07. The van der Waals surface area contributed by atoms with Crippen LogP contribution in [0.3, 0.4) is 0 Å². The molecule has 0 fully saturated rings. The molecule has 3 rings (SSSR count). The fraction of sp³-hybridized carbons (Fsp3) is 0.571. The second-order valence-electron chi connectivity index (χ2n) is 9.03. The molecule has 2 aliphatic carbocycles. The summed E-state index contributed by atoms with van der Waals surface area (Å²) in [5, 5.41) is 3.48. The number of rotatable bonds is 14. The molecule has 30 heavy (non-hydrogen) atoms. The second kappa shape index (κ2) is 12.3. The highest BCUT2D eigenvalue weighted by molar-refractivity contribution is 7.18. The zero-order valence-electron chi connectivity index (χ0n) is 19.3. The number of fused-ring (bicyclic) bond motifs is 3. The van der Waals surface area contributed by atoms with E-state index in [4.69, 9.17) is 4.74 Å². The third-order valence-corrected chi connectivity index (χ3v) is 7.18. The Balaban J connectivity index is 1.44. The van der Waals surface area contributed by atoms with Gasteiger partial charge in [0, 0.05) is 21.2 Å². The Labute approximate surface area is 188 Å². The maximum atomic E-state index is 6.36. The highest BCUT2D eigenvalue weighted by Crippen LogP contribution is 2.47. The number of thiophene rings is 1. The van der Waals surface area contributed by atoms with Crippen LogP contribution in [-0.4, -0.2) is 6.61 Å². The molecule has 0 spiro atoms. The predicted molar refractivity (Wildman–Crippen MR) is 134 cm³/mol. The molecule has 0 aromatic carbocycles. The standard InChI is InChI=1S/C28H40OS/c1-4-5-6-7-8-9-10-11-12-13-14-20-29-27-24-17-15-23(22(2)3)16-18-25(24)28-26(27)19-21-30-28/h15-19,21-22H,4-14,20H2,1-3H3. The van der Waals surface area contributed by atoms with Crippen molar-refractivity contribution in [1.82, 2.24) is 0 Å². The molecule has 0 N–H and O–H groups in total. The van der Waals surface area contributed by atoms with Crippen molar-refractivity contribution in [2.75, 3.05) is 6.61 Å². The van der Waals surface area contributed by atoms with Gasteiger partial charge in [-0.05, 0) is 29.3 Å². The van der Waals surface area contributed by atoms with E-state index in [1.54, 1.807) is 0 Å². The van der Waals surface area contributed by atoms with Crippen LogP contribution in [0.25, 0.3) is 21.2 Å². The Bertz CT molecular complexity index is 847. The van der Waals surface area contributed by atoms with Crippen molar-refractivity contribution in [3.05, 3.63) is 41.3 Å². The maximum Gasteiger partial charge on any atom is 0.135 e. The molecule has 0 amide bonds. The Morgan fingerprint density at radius 3 is 1.97 bits per heavy atom. The molecule has 0 saturated heterocycles. The van der Waals surface area contributed by atoms with Crippen molar-refractivity contribution in [2.45, 2.75) is 97.3 Å². The molecular weight excluding hydrogens is 384 g/mol. The van der Waals surface area contributed by atoms with E-state index in [0.717, 1.165) is 18.8 Å². The summed E-state index contributed by atoms with van der Waals surface area (Å²) < 4.78 is 7.73. The van der Waals surface area contributed by atoms with E-state index in [0.29, 0.717) is 5.92 Å². The van der Waals surface area contributed by atoms with E-state index < -0.39 is 0 Å². The van der Waals surface area contributed by atoms with E-state index in [2.05, 4.69) is 56.5 Å². The van der Waals surface area contributed by atoms with Gasteiger partial charge in [0.1, 0.15) is 5.75 Å². The van der Waals surface area contributed by atoms with E-state index in [-0.39, 0.29) is 0 Å². The van der Waals surface area contributed by atoms with Crippen molar-refractivity contribution < 1.29 is 4.74 Å². The van der Waals surface area contributed by atoms with Crippen molar-refractivity contribution in [3.63, 3.8) is 0 Å². The van der Waals surface area contributed by atoms with Crippen LogP contribution in [0.1, 0.15) is 103 Å². The van der Waals surface area contributed by atoms with Gasteiger partial charge in [0.15, 0.2) is 0 Å². The first-order chi connectivity index (χ1) is 14.7. The molecule has 0 radical (unpaired) electrons. The highest BCUT2D eigenvalue weighted by atomic mass is 32.1. The monoisotopic (exact) mass is 424 g/mol. The third-order valence-electron chi connectivity index (χ3n) is 6.24. The average Bonchev–Trinajstić information content (AvgIpc) is 3.23. The summed E-state index contributed by atoms with van der Waals surface area (Å²) in [6.07, 6.45) is 15.1. The Kier molecular flexibility index (Phi) is 9.52. The first-order valence-corrected chi connectivity index (χ1v) is 13.2. The minimum absolute atomic E-state index is 0.543. The van der Waals surface area contributed by atoms with E-state index in [1.807, 2.05) is 11.3 Å². The third kappa shape index (κ3) is 6.23. The lowest BCUT2D eigenvalue weighted by atomic mass is 10.1. The van der Waals surface area contributed by atoms with Crippen molar-refractivity contribution in [1.29, 1.82) is 0 Å². The number of hydrogen-bond acceptors (Lipinski definition) is 2. The molecule has 0 aliphatic heterocycles. The molecule has 1 aromatic heterocycles. The highest BCUT2D eigenvalue weighted by Gasteiger charge is 2.19. The fourth-order valence-corrected chi connectivity index (χ4v) is 5.25. The van der Waals surface area contributed by atoms with Gasteiger partial charge < -0.3 is 4.74 Å². The molecule has 1 aromatic rings. The quantitative estimate of drug-likeness (QED) is 0.234. The topological polar surface area (TPSA) is 9.23 Å². The van der Waals surface area contributed by atoms with Crippen LogP contribution >= 0.6 is 11.3 Å². The van der Waals surface area contributed by atoms with Crippen molar-refractivity contribution in [2.24, 2.45) is 0 Å². The van der Waals surface area contributed by atoms with Crippen molar-refractivity contribution in [3.8, 4) is 16.9 Å². The lowest BCUT2D eigenvalue weighted by Crippen LogP contribution is -1.97. The van der Waals surface area contributed by atoms with Crippen LogP contribution in [0, 0.1) is 0 Å². The van der Waals surface area contributed by atoms with Crippen LogP contribution in [0.5, 0.6) is 5.75 Å². The molecule has 1 nitrogen and oxygen atoms in total. The Hall–Kier alpha value is -1.54. The SMILES string of the molecule is CCCCCCCCCCCCCOc1c2ccc(C(C)C)ccc-2c2sccc12. The number of ether oxygens (including phenoxy) is 1. The number of hydrogen-bond donors (Lipinski definition) is 0. The summed E-state index contributed by atoms with van der Waals surface area (Å²) in [6, 6.07) is 11.3. The van der Waals surface area contributed by atoms with Crippen LogP contribution in [0.15, 0.2) is 35.7 Å². The summed E-state index contributed by atoms with van der Waals surface area (Å²) in [5.74, 6) is 1.64. The van der Waals surface area contributed by atoms with Gasteiger partial charge in [-0.15, -0.1) is 11.3 Å². The van der Waals surface area contributed by atoms with Gasteiger partial charge in [0.05, 0.1) is 6.61 Å². The molecule has 0 saturated carbocycles. The van der Waals surface area contributed by atoms with Gasteiger partial charge >= 0.3 is 0 Å². The minimum atomic E-state index is 0.543. The number of unbranched alkanes of at least 4 members (excludes halogenated alkanes) is 10. The van der Waals surface area contributed by atoms with Gasteiger partial charge in [0.25, 0.3) is 0 Å². The molecule has 1 heterocycles. The van der Waals surface area contributed by atoms with Gasteiger partial charge in [-0.25, -0.2) is 0 Å². The minimum Gasteiger partial charge on any atom is -0.492 e. The van der Waals surface area contributed by atoms with Gasteiger partial charge in [-0.3, -0.25) is 0 Å². The van der Waals surface area contributed by atoms with Crippen LogP contribution in [0.2, 0.25) is 0 Å². The Morgan fingerprint density at radius 2 is 1.33 bits per heavy atom. The lowest BCUT2D eigenvalue weighted by molar-refractivity contribution is 0.309. The predicted octanol–water partition coefficient (Wildman–Crippen LogP) is 9.82. The molecule has 0 unspecified atom stereocenters. The molecule has 164 valence electrons. The smallest absolute Gasteiger partial charge is 0.135 e. The van der Waals surface area contributed by atoms with Gasteiger partial charge in [-0.1, -0.05) is 109 Å². The molecule has 0 atom stereocenters. The summed E-state index contributed by atoms with van der Waals surface area (Å²) in [6.45, 7) is 7.63. The zero-order chi connectivity index (χ0) is 21.2. The van der Waals surface area contributed by atoms with E-state index in [9.17, 15) is 0 Å². The maximum absolute atomic E-state index is 6.36. The Morgan fingerprint density at radius 1 is 0.733 bits per heavy atom. The average molecular weight is 425 g/mol. The van der Waals surface area contributed by atoms with E-state index in [1.165, 1.54) is 91.0 Å². The first-order valence-electron chi connectivity index (χ1n) is 12.3. The first kappa shape index (κ1) is 23.1. The summed E-state index contributed by atoms with van der Waals surface area (Å²) in [5.41, 5.74) is 3.99. The fourth-order valence-electron chi connectivity index (χ4n) is 4.31. The van der Waals surface area contributed by atoms with Gasteiger partial charge in [-0.2, -0.15) is 0 Å². The van der Waals surface area contributed by atoms with E-state index >= 15 is 0 Å². The molecular formula is C28H40OS. The van der Waals surface area contributed by atoms with Crippen LogP contribution in [0.4, 0.5) is 0 Å². The molecule has 2 heteroatoms. The summed E-state index contributed by atoms with van der Waals surface area (Å²) in [7, 11) is 0. The molecule has 2 aliphatic rings. The van der Waals surface area contributed by atoms with Crippen molar-refractivity contribution >= 4 is 21.4 Å². The van der Waals surface area contributed by atoms with Crippen LogP contribution < -0.4 is 4.74 Å². The summed E-state index contributed by atoms with van der Waals surface area (Å²) >= 11 is 1.83. The molecule has 0 bridgehead atoms. The summed E-state index contributed by atoms with van der Waals surface area (Å²) in [4.78, 5) is 0. The zero-order valence-corrected chi connectivity index (χ0v) is 20.2. The largest absolute Gasteiger partial charge is 0.492 e. The van der Waals surface area contributed by atoms with Gasteiger partial charge in [0.2, 0.25) is 0 Å². The normalized spacial score (nSPS) is 11.7. The second-order valence-corrected chi connectivity index (χ2v) is 9.94. The van der Waals surface area contributed by atoms with Crippen LogP contribution in [-0.2, 0) is 0 Å².